The monoisotopic (exact) mass is 315 g/mol. The second-order valence-electron chi connectivity index (χ2n) is 5.92. The maximum Gasteiger partial charge on any atom is 0.271 e. The number of benzene rings is 1. The molecule has 1 unspecified atom stereocenters. The van der Waals surface area contributed by atoms with Gasteiger partial charge in [-0.25, -0.2) is 5.43 Å². The number of amides is 2. The molecule has 2 amide bonds. The van der Waals surface area contributed by atoms with Crippen molar-refractivity contribution in [3.05, 3.63) is 29.8 Å². The van der Waals surface area contributed by atoms with Gasteiger partial charge in [0.15, 0.2) is 0 Å². The van der Waals surface area contributed by atoms with Crippen LogP contribution in [0.25, 0.3) is 0 Å². The quantitative estimate of drug-likeness (QED) is 0.785. The summed E-state index contributed by atoms with van der Waals surface area (Å²) in [6, 6.07) is 6.87. The zero-order valence-electron chi connectivity index (χ0n) is 13.9. The van der Waals surface area contributed by atoms with E-state index < -0.39 is 0 Å². The highest BCUT2D eigenvalue weighted by Gasteiger charge is 2.21. The Labute approximate surface area is 137 Å². The van der Waals surface area contributed by atoms with E-state index in [1.165, 1.54) is 0 Å². The Bertz CT molecular complexity index is 578. The highest BCUT2D eigenvalue weighted by atomic mass is 16.2. The van der Waals surface area contributed by atoms with E-state index in [1.54, 1.807) is 24.3 Å². The van der Waals surface area contributed by atoms with Gasteiger partial charge in [0.05, 0.1) is 0 Å². The molecule has 2 N–H and O–H groups in total. The number of hydrogen-bond acceptors (Lipinski definition) is 3. The smallest absolute Gasteiger partial charge is 0.271 e. The molecule has 0 bridgehead atoms. The Morgan fingerprint density at radius 2 is 1.96 bits per heavy atom. The van der Waals surface area contributed by atoms with Crippen molar-refractivity contribution in [3.63, 3.8) is 0 Å². The maximum absolute atomic E-state index is 12.1. The predicted molar refractivity (Wildman–Crippen MR) is 92.5 cm³/mol. The summed E-state index contributed by atoms with van der Waals surface area (Å²) < 4.78 is 0. The van der Waals surface area contributed by atoms with E-state index in [2.05, 4.69) is 22.8 Å². The van der Waals surface area contributed by atoms with E-state index in [0.29, 0.717) is 23.6 Å². The zero-order valence-corrected chi connectivity index (χ0v) is 13.9. The lowest BCUT2D eigenvalue weighted by atomic mass is 10.0. The second kappa shape index (κ2) is 8.46. The third kappa shape index (κ3) is 4.91. The third-order valence-electron chi connectivity index (χ3n) is 4.16. The Hall–Kier alpha value is -2.17. The number of carbonyl (C=O) groups is 2. The van der Waals surface area contributed by atoms with Gasteiger partial charge in [0.1, 0.15) is 0 Å². The van der Waals surface area contributed by atoms with E-state index in [-0.39, 0.29) is 11.8 Å². The van der Waals surface area contributed by atoms with Crippen molar-refractivity contribution in [1.82, 2.24) is 5.43 Å². The molecule has 0 saturated heterocycles. The van der Waals surface area contributed by atoms with Crippen LogP contribution in [0.4, 0.5) is 5.69 Å². The average molecular weight is 315 g/mol. The topological polar surface area (TPSA) is 70.6 Å². The number of hydrazone groups is 1. The number of carbonyl (C=O) groups excluding carboxylic acids is 2. The fourth-order valence-electron chi connectivity index (χ4n) is 2.83. The molecular formula is C18H25N3O2. The van der Waals surface area contributed by atoms with Gasteiger partial charge in [-0.1, -0.05) is 13.8 Å². The summed E-state index contributed by atoms with van der Waals surface area (Å²) in [5.74, 6) is 0.278. The van der Waals surface area contributed by atoms with Crippen molar-refractivity contribution in [2.75, 3.05) is 5.32 Å². The first kappa shape index (κ1) is 17.2. The molecule has 0 aliphatic heterocycles. The molecule has 5 heteroatoms. The van der Waals surface area contributed by atoms with Gasteiger partial charge >= 0.3 is 0 Å². The van der Waals surface area contributed by atoms with Crippen LogP contribution in [0.2, 0.25) is 0 Å². The predicted octanol–water partition coefficient (Wildman–Crippen LogP) is 3.72. The normalized spacial score (nSPS) is 18.9. The largest absolute Gasteiger partial charge is 0.326 e. The van der Waals surface area contributed by atoms with Crippen LogP contribution in [0, 0.1) is 5.92 Å². The first-order valence-electron chi connectivity index (χ1n) is 8.40. The van der Waals surface area contributed by atoms with Gasteiger partial charge in [-0.2, -0.15) is 5.10 Å². The summed E-state index contributed by atoms with van der Waals surface area (Å²) >= 11 is 0. The van der Waals surface area contributed by atoms with Crippen molar-refractivity contribution < 1.29 is 9.59 Å². The van der Waals surface area contributed by atoms with Gasteiger partial charge < -0.3 is 5.32 Å². The first-order chi connectivity index (χ1) is 11.1. The number of rotatable bonds is 6. The molecule has 0 aromatic heterocycles. The van der Waals surface area contributed by atoms with Crippen molar-refractivity contribution in [3.8, 4) is 0 Å². The fourth-order valence-corrected chi connectivity index (χ4v) is 2.83. The van der Waals surface area contributed by atoms with Crippen LogP contribution in [-0.2, 0) is 4.79 Å². The SMILES string of the molecule is CCCC(=O)Nc1ccc(C(=O)NN=C2CCCC2CC)cc1. The lowest BCUT2D eigenvalue weighted by molar-refractivity contribution is -0.116. The molecule has 0 radical (unpaired) electrons. The lowest BCUT2D eigenvalue weighted by Gasteiger charge is -2.08. The summed E-state index contributed by atoms with van der Waals surface area (Å²) in [6.07, 6.45) is 5.67. The summed E-state index contributed by atoms with van der Waals surface area (Å²) in [5.41, 5.74) is 4.99. The number of anilines is 1. The minimum Gasteiger partial charge on any atom is -0.326 e. The molecule has 1 aromatic rings. The average Bonchev–Trinajstić information content (AvgIpc) is 3.01. The highest BCUT2D eigenvalue weighted by molar-refractivity contribution is 5.97. The molecule has 1 fully saturated rings. The minimum atomic E-state index is -0.217. The van der Waals surface area contributed by atoms with Gasteiger partial charge in [-0.05, 0) is 62.3 Å². The number of nitrogens with zero attached hydrogens (tertiary/aromatic N) is 1. The molecule has 124 valence electrons. The van der Waals surface area contributed by atoms with Gasteiger partial charge in [0.2, 0.25) is 5.91 Å². The number of hydrogen-bond donors (Lipinski definition) is 2. The summed E-state index contributed by atoms with van der Waals surface area (Å²) in [6.45, 7) is 4.11. The third-order valence-corrected chi connectivity index (χ3v) is 4.16. The molecule has 1 aliphatic rings. The van der Waals surface area contributed by atoms with Crippen LogP contribution in [-0.4, -0.2) is 17.5 Å². The Morgan fingerprint density at radius 3 is 2.61 bits per heavy atom. The van der Waals surface area contributed by atoms with Crippen molar-refractivity contribution in [2.24, 2.45) is 11.0 Å². The van der Waals surface area contributed by atoms with E-state index in [4.69, 9.17) is 0 Å². The Morgan fingerprint density at radius 1 is 1.22 bits per heavy atom. The molecule has 1 aliphatic carbocycles. The molecule has 5 nitrogen and oxygen atoms in total. The fraction of sp³-hybridized carbons (Fsp3) is 0.500. The molecule has 1 saturated carbocycles. The maximum atomic E-state index is 12.1. The molecule has 0 spiro atoms. The van der Waals surface area contributed by atoms with Crippen LogP contribution in [0.15, 0.2) is 29.4 Å². The van der Waals surface area contributed by atoms with E-state index in [9.17, 15) is 9.59 Å². The van der Waals surface area contributed by atoms with Gasteiger partial charge in [-0.3, -0.25) is 9.59 Å². The minimum absolute atomic E-state index is 0.0112. The van der Waals surface area contributed by atoms with E-state index in [0.717, 1.165) is 37.8 Å². The summed E-state index contributed by atoms with van der Waals surface area (Å²) in [4.78, 5) is 23.7. The first-order valence-corrected chi connectivity index (χ1v) is 8.40. The summed E-state index contributed by atoms with van der Waals surface area (Å²) in [7, 11) is 0. The molecule has 0 heterocycles. The molecular weight excluding hydrogens is 290 g/mol. The highest BCUT2D eigenvalue weighted by Crippen LogP contribution is 2.24. The van der Waals surface area contributed by atoms with Crippen LogP contribution in [0.5, 0.6) is 0 Å². The molecule has 23 heavy (non-hydrogen) atoms. The van der Waals surface area contributed by atoms with Crippen LogP contribution in [0.3, 0.4) is 0 Å². The second-order valence-corrected chi connectivity index (χ2v) is 5.92. The standard InChI is InChI=1S/C18H25N3O2/c1-3-6-17(22)19-15-11-9-14(10-12-15)18(23)21-20-16-8-5-7-13(16)4-2/h9-13H,3-8H2,1-2H3,(H,19,22)(H,21,23). The molecule has 1 atom stereocenters. The Balaban J connectivity index is 1.92. The summed E-state index contributed by atoms with van der Waals surface area (Å²) in [5, 5.41) is 7.10. The lowest BCUT2D eigenvalue weighted by Crippen LogP contribution is -2.21. The van der Waals surface area contributed by atoms with Crippen molar-refractivity contribution in [1.29, 1.82) is 0 Å². The van der Waals surface area contributed by atoms with E-state index >= 15 is 0 Å². The van der Waals surface area contributed by atoms with Crippen LogP contribution in [0.1, 0.15) is 62.7 Å². The molecule has 2 rings (SSSR count). The van der Waals surface area contributed by atoms with Crippen LogP contribution >= 0.6 is 0 Å². The molecule has 1 aromatic carbocycles. The van der Waals surface area contributed by atoms with Gasteiger partial charge in [0.25, 0.3) is 5.91 Å². The van der Waals surface area contributed by atoms with Crippen molar-refractivity contribution in [2.45, 2.75) is 52.4 Å². The Kier molecular flexibility index (Phi) is 6.32. The zero-order chi connectivity index (χ0) is 16.7. The van der Waals surface area contributed by atoms with Crippen LogP contribution < -0.4 is 10.7 Å². The number of nitrogens with one attached hydrogen (secondary N) is 2. The van der Waals surface area contributed by atoms with E-state index in [1.807, 2.05) is 6.92 Å². The van der Waals surface area contributed by atoms with Gasteiger partial charge in [-0.15, -0.1) is 0 Å². The van der Waals surface area contributed by atoms with Gasteiger partial charge in [0, 0.05) is 23.4 Å². The van der Waals surface area contributed by atoms with Crippen molar-refractivity contribution >= 4 is 23.2 Å².